The molecule has 20 heavy (non-hydrogen) atoms. The van der Waals surface area contributed by atoms with Crippen molar-refractivity contribution in [3.63, 3.8) is 0 Å². The number of aromatic nitrogens is 1. The van der Waals surface area contributed by atoms with Gasteiger partial charge in [0.05, 0.1) is 0 Å². The number of amides is 1. The summed E-state index contributed by atoms with van der Waals surface area (Å²) >= 11 is 1.14. The van der Waals surface area contributed by atoms with Crippen molar-refractivity contribution >= 4 is 23.2 Å². The average Bonchev–Trinajstić information content (AvgIpc) is 2.96. The zero-order valence-electron chi connectivity index (χ0n) is 11.2. The van der Waals surface area contributed by atoms with E-state index in [0.29, 0.717) is 17.0 Å². The summed E-state index contributed by atoms with van der Waals surface area (Å²) in [5, 5.41) is 10.7. The summed E-state index contributed by atoms with van der Waals surface area (Å²) in [5.41, 5.74) is -0.0319. The first-order valence-corrected chi connectivity index (χ1v) is 8.04. The van der Waals surface area contributed by atoms with Gasteiger partial charge in [-0.05, 0) is 31.6 Å². The van der Waals surface area contributed by atoms with Gasteiger partial charge in [0.25, 0.3) is 5.91 Å². The van der Waals surface area contributed by atoms with Crippen molar-refractivity contribution in [1.82, 2.24) is 9.88 Å². The van der Waals surface area contributed by atoms with Crippen molar-refractivity contribution in [2.45, 2.75) is 44.6 Å². The summed E-state index contributed by atoms with van der Waals surface area (Å²) in [4.78, 5) is 29.3. The molecule has 1 aromatic heterocycles. The van der Waals surface area contributed by atoms with Crippen molar-refractivity contribution in [2.24, 2.45) is 5.92 Å². The molecular weight excluding hydrogens is 276 g/mol. The summed E-state index contributed by atoms with van der Waals surface area (Å²) in [6.07, 6.45) is 7.00. The maximum atomic E-state index is 12.6. The lowest BCUT2D eigenvalue weighted by molar-refractivity contribution is 0.0390. The van der Waals surface area contributed by atoms with Crippen molar-refractivity contribution < 1.29 is 14.7 Å². The molecule has 0 radical (unpaired) electrons. The van der Waals surface area contributed by atoms with Gasteiger partial charge in [-0.1, -0.05) is 12.8 Å². The standard InChI is InChI=1S/C14H18N2O3S/c17-13(12-15-10(8-20-12)14(18)19)16-7-3-5-9-4-1-2-6-11(9)16/h8-9,11H,1-7H2,(H,18,19)/t9-,11-/m1/s1. The van der Waals surface area contributed by atoms with Crippen LogP contribution in [0.1, 0.15) is 58.8 Å². The third-order valence-electron chi connectivity index (χ3n) is 4.41. The first kappa shape index (κ1) is 13.5. The topological polar surface area (TPSA) is 70.5 Å². The normalized spacial score (nSPS) is 26.1. The molecule has 1 aliphatic heterocycles. The summed E-state index contributed by atoms with van der Waals surface area (Å²) in [6, 6.07) is 0.335. The van der Waals surface area contributed by atoms with E-state index < -0.39 is 5.97 Å². The third kappa shape index (κ3) is 2.44. The molecule has 1 aliphatic carbocycles. The lowest BCUT2D eigenvalue weighted by Crippen LogP contribution is -2.49. The van der Waals surface area contributed by atoms with E-state index >= 15 is 0 Å². The molecule has 5 nitrogen and oxygen atoms in total. The molecule has 108 valence electrons. The predicted molar refractivity (Wildman–Crippen MR) is 75.1 cm³/mol. The molecule has 0 spiro atoms. The molecule has 2 heterocycles. The smallest absolute Gasteiger partial charge is 0.355 e. The summed E-state index contributed by atoms with van der Waals surface area (Å²) < 4.78 is 0. The second-order valence-corrected chi connectivity index (χ2v) is 6.45. The van der Waals surface area contributed by atoms with Crippen LogP contribution in [0.4, 0.5) is 0 Å². The Hall–Kier alpha value is -1.43. The number of rotatable bonds is 2. The highest BCUT2D eigenvalue weighted by molar-refractivity contribution is 7.11. The minimum absolute atomic E-state index is 0.0319. The van der Waals surface area contributed by atoms with Crippen molar-refractivity contribution in [3.05, 3.63) is 16.1 Å². The second-order valence-electron chi connectivity index (χ2n) is 5.60. The van der Waals surface area contributed by atoms with Gasteiger partial charge in [0.1, 0.15) is 0 Å². The van der Waals surface area contributed by atoms with Crippen LogP contribution in [-0.2, 0) is 0 Å². The van der Waals surface area contributed by atoms with Crippen LogP contribution in [-0.4, -0.2) is 39.5 Å². The molecule has 1 amide bonds. The summed E-state index contributed by atoms with van der Waals surface area (Å²) in [5.74, 6) is -0.533. The highest BCUT2D eigenvalue weighted by atomic mass is 32.1. The number of hydrogen-bond donors (Lipinski definition) is 1. The number of carboxylic acid groups (broad SMARTS) is 1. The van der Waals surface area contributed by atoms with Crippen LogP contribution >= 0.6 is 11.3 Å². The first-order chi connectivity index (χ1) is 9.66. The molecule has 2 fully saturated rings. The van der Waals surface area contributed by atoms with Crippen LogP contribution in [0.2, 0.25) is 0 Å². The fourth-order valence-electron chi connectivity index (χ4n) is 3.47. The summed E-state index contributed by atoms with van der Waals surface area (Å²) in [6.45, 7) is 0.780. The molecule has 1 N–H and O–H groups in total. The van der Waals surface area contributed by atoms with E-state index in [2.05, 4.69) is 4.98 Å². The average molecular weight is 294 g/mol. The van der Waals surface area contributed by atoms with Crippen LogP contribution in [0.3, 0.4) is 0 Å². The Morgan fingerprint density at radius 2 is 2.00 bits per heavy atom. The van der Waals surface area contributed by atoms with E-state index in [-0.39, 0.29) is 11.6 Å². The lowest BCUT2D eigenvalue weighted by Gasteiger charge is -2.43. The number of hydrogen-bond acceptors (Lipinski definition) is 4. The molecule has 0 aromatic carbocycles. The summed E-state index contributed by atoms with van der Waals surface area (Å²) in [7, 11) is 0. The van der Waals surface area contributed by atoms with E-state index in [9.17, 15) is 9.59 Å². The van der Waals surface area contributed by atoms with Crippen molar-refractivity contribution in [3.8, 4) is 0 Å². The molecule has 6 heteroatoms. The molecule has 0 bridgehead atoms. The van der Waals surface area contributed by atoms with Crippen LogP contribution < -0.4 is 0 Å². The minimum Gasteiger partial charge on any atom is -0.476 e. The Morgan fingerprint density at radius 1 is 1.25 bits per heavy atom. The van der Waals surface area contributed by atoms with Gasteiger partial charge in [-0.2, -0.15) is 0 Å². The largest absolute Gasteiger partial charge is 0.476 e. The Balaban J connectivity index is 1.79. The van der Waals surface area contributed by atoms with Crippen LogP contribution in [0.5, 0.6) is 0 Å². The predicted octanol–water partition coefficient (Wildman–Crippen LogP) is 2.64. The van der Waals surface area contributed by atoms with Gasteiger partial charge in [-0.15, -0.1) is 11.3 Å². The van der Waals surface area contributed by atoms with Crippen molar-refractivity contribution in [1.29, 1.82) is 0 Å². The number of piperidine rings is 1. The van der Waals surface area contributed by atoms with Gasteiger partial charge >= 0.3 is 5.97 Å². The lowest BCUT2D eigenvalue weighted by atomic mass is 9.78. The Bertz CT molecular complexity index is 526. The van der Waals surface area contributed by atoms with Crippen LogP contribution in [0, 0.1) is 5.92 Å². The van der Waals surface area contributed by atoms with Crippen molar-refractivity contribution in [2.75, 3.05) is 6.54 Å². The second kappa shape index (κ2) is 5.52. The van der Waals surface area contributed by atoms with E-state index in [1.165, 1.54) is 31.1 Å². The van der Waals surface area contributed by atoms with Gasteiger partial charge in [0, 0.05) is 18.0 Å². The molecule has 0 unspecified atom stereocenters. The Morgan fingerprint density at radius 3 is 2.75 bits per heavy atom. The fraction of sp³-hybridized carbons (Fsp3) is 0.643. The Kier molecular flexibility index (Phi) is 3.74. The molecule has 1 saturated carbocycles. The monoisotopic (exact) mass is 294 g/mol. The number of fused-ring (bicyclic) bond motifs is 1. The quantitative estimate of drug-likeness (QED) is 0.910. The van der Waals surface area contributed by atoms with E-state index in [1.54, 1.807) is 0 Å². The van der Waals surface area contributed by atoms with Gasteiger partial charge in [0.15, 0.2) is 10.7 Å². The highest BCUT2D eigenvalue weighted by Gasteiger charge is 2.36. The van der Waals surface area contributed by atoms with Crippen LogP contribution in [0.25, 0.3) is 0 Å². The molecule has 1 aromatic rings. The zero-order valence-corrected chi connectivity index (χ0v) is 12.1. The maximum Gasteiger partial charge on any atom is 0.355 e. The molecule has 2 atom stereocenters. The number of carboxylic acids is 1. The number of carbonyl (C=O) groups is 2. The van der Waals surface area contributed by atoms with Gasteiger partial charge in [-0.25, -0.2) is 9.78 Å². The number of thiazole rings is 1. The first-order valence-electron chi connectivity index (χ1n) is 7.16. The van der Waals surface area contributed by atoms with E-state index in [4.69, 9.17) is 5.11 Å². The highest BCUT2D eigenvalue weighted by Crippen LogP contribution is 2.36. The number of carbonyl (C=O) groups excluding carboxylic acids is 1. The molecule has 2 aliphatic rings. The van der Waals surface area contributed by atoms with E-state index in [1.807, 2.05) is 4.90 Å². The number of likely N-dealkylation sites (tertiary alicyclic amines) is 1. The fourth-order valence-corrected chi connectivity index (χ4v) is 4.22. The Labute approximate surface area is 121 Å². The zero-order chi connectivity index (χ0) is 14.1. The van der Waals surface area contributed by atoms with Gasteiger partial charge < -0.3 is 10.0 Å². The SMILES string of the molecule is O=C(O)c1csc(C(=O)N2CCC[C@H]3CCCC[C@H]32)n1. The van der Waals surface area contributed by atoms with Gasteiger partial charge in [-0.3, -0.25) is 4.79 Å². The molecule has 3 rings (SSSR count). The van der Waals surface area contributed by atoms with Crippen LogP contribution in [0.15, 0.2) is 5.38 Å². The van der Waals surface area contributed by atoms with Gasteiger partial charge in [0.2, 0.25) is 0 Å². The molecular formula is C14H18N2O3S. The molecule has 1 saturated heterocycles. The van der Waals surface area contributed by atoms with E-state index in [0.717, 1.165) is 30.7 Å². The third-order valence-corrected chi connectivity index (χ3v) is 5.24. The minimum atomic E-state index is -1.07. The number of nitrogens with zero attached hydrogens (tertiary/aromatic N) is 2. The number of aromatic carboxylic acids is 1. The maximum absolute atomic E-state index is 12.6.